The lowest BCUT2D eigenvalue weighted by atomic mass is 10.2. The third-order valence-corrected chi connectivity index (χ3v) is 2.73. The van der Waals surface area contributed by atoms with Gasteiger partial charge in [0.25, 0.3) is 0 Å². The van der Waals surface area contributed by atoms with Crippen molar-refractivity contribution in [3.63, 3.8) is 0 Å². The molecule has 0 fully saturated rings. The van der Waals surface area contributed by atoms with Crippen molar-refractivity contribution >= 4 is 5.96 Å². The highest BCUT2D eigenvalue weighted by molar-refractivity contribution is 5.79. The number of aliphatic imine (C=N–C) groups is 1. The normalized spacial score (nSPS) is 11.3. The lowest BCUT2D eigenvalue weighted by Crippen LogP contribution is -2.37. The Balaban J connectivity index is 3.00. The van der Waals surface area contributed by atoms with E-state index in [9.17, 15) is 8.78 Å². The number of ether oxygens (including phenoxy) is 2. The highest BCUT2D eigenvalue weighted by Crippen LogP contribution is 2.33. The van der Waals surface area contributed by atoms with Gasteiger partial charge in [0.2, 0.25) is 0 Å². The highest BCUT2D eigenvalue weighted by Gasteiger charge is 2.15. The van der Waals surface area contributed by atoms with E-state index in [0.29, 0.717) is 31.2 Å². The topological polar surface area (TPSA) is 54.9 Å². The fraction of sp³-hybridized carbons (Fsp3) is 0.438. The summed E-state index contributed by atoms with van der Waals surface area (Å²) in [6.07, 6.45) is 1.70. The Morgan fingerprint density at radius 2 is 2.13 bits per heavy atom. The van der Waals surface area contributed by atoms with Crippen LogP contribution in [0.4, 0.5) is 8.78 Å². The Hall–Kier alpha value is -2.31. The molecule has 128 valence electrons. The molecule has 0 radical (unpaired) electrons. The summed E-state index contributed by atoms with van der Waals surface area (Å²) in [5, 5.41) is 6.10. The molecule has 2 N–H and O–H groups in total. The summed E-state index contributed by atoms with van der Waals surface area (Å²) in [7, 11) is 0. The molecule has 1 aromatic rings. The van der Waals surface area contributed by atoms with Gasteiger partial charge in [-0.25, -0.2) is 4.99 Å². The molecule has 0 aromatic heterocycles. The molecule has 0 aliphatic carbocycles. The van der Waals surface area contributed by atoms with Gasteiger partial charge in [0.15, 0.2) is 17.5 Å². The van der Waals surface area contributed by atoms with E-state index in [4.69, 9.17) is 4.74 Å². The zero-order chi connectivity index (χ0) is 17.1. The van der Waals surface area contributed by atoms with E-state index in [2.05, 4.69) is 26.9 Å². The third-order valence-electron chi connectivity index (χ3n) is 2.73. The molecule has 7 heteroatoms. The van der Waals surface area contributed by atoms with Gasteiger partial charge in [-0.3, -0.25) is 0 Å². The average Bonchev–Trinajstić information content (AvgIpc) is 2.52. The SMILES string of the molecule is C=CCNC(=NCc1cccc(OCC)c1OC(F)F)NCC. The molecule has 0 bridgehead atoms. The first-order valence-corrected chi connectivity index (χ1v) is 7.44. The summed E-state index contributed by atoms with van der Waals surface area (Å²) in [5.74, 6) is 0.870. The van der Waals surface area contributed by atoms with Crippen LogP contribution in [0.5, 0.6) is 11.5 Å². The second-order valence-corrected chi connectivity index (χ2v) is 4.42. The number of hydrogen-bond donors (Lipinski definition) is 2. The Morgan fingerprint density at radius 1 is 1.35 bits per heavy atom. The van der Waals surface area contributed by atoms with E-state index in [1.54, 1.807) is 31.2 Å². The van der Waals surface area contributed by atoms with Crippen molar-refractivity contribution in [2.75, 3.05) is 19.7 Å². The van der Waals surface area contributed by atoms with Gasteiger partial charge in [0.1, 0.15) is 0 Å². The molecule has 0 spiro atoms. The number of para-hydroxylation sites is 1. The highest BCUT2D eigenvalue weighted by atomic mass is 19.3. The Bertz CT molecular complexity index is 522. The molecule has 0 heterocycles. The minimum atomic E-state index is -2.92. The largest absolute Gasteiger partial charge is 0.490 e. The molecule has 0 saturated carbocycles. The monoisotopic (exact) mass is 327 g/mol. The summed E-state index contributed by atoms with van der Waals surface area (Å²) in [5.41, 5.74) is 0.520. The van der Waals surface area contributed by atoms with E-state index in [0.717, 1.165) is 0 Å². The summed E-state index contributed by atoms with van der Waals surface area (Å²) < 4.78 is 35.3. The average molecular weight is 327 g/mol. The fourth-order valence-electron chi connectivity index (χ4n) is 1.85. The van der Waals surface area contributed by atoms with Crippen molar-refractivity contribution in [1.29, 1.82) is 0 Å². The van der Waals surface area contributed by atoms with Crippen molar-refractivity contribution in [2.45, 2.75) is 27.0 Å². The maximum atomic E-state index is 12.7. The molecule has 0 aliphatic heterocycles. The maximum absolute atomic E-state index is 12.7. The number of nitrogens with one attached hydrogen (secondary N) is 2. The van der Waals surface area contributed by atoms with Gasteiger partial charge in [-0.15, -0.1) is 6.58 Å². The van der Waals surface area contributed by atoms with Crippen LogP contribution >= 0.6 is 0 Å². The smallest absolute Gasteiger partial charge is 0.387 e. The van der Waals surface area contributed by atoms with E-state index in [1.807, 2.05) is 6.92 Å². The van der Waals surface area contributed by atoms with Crippen molar-refractivity contribution in [3.05, 3.63) is 36.4 Å². The number of hydrogen-bond acceptors (Lipinski definition) is 3. The molecule has 0 atom stereocenters. The Kier molecular flexibility index (Phi) is 8.49. The predicted molar refractivity (Wildman–Crippen MR) is 87.3 cm³/mol. The van der Waals surface area contributed by atoms with Crippen molar-refractivity contribution in [3.8, 4) is 11.5 Å². The number of nitrogens with zero attached hydrogens (tertiary/aromatic N) is 1. The summed E-state index contributed by atoms with van der Waals surface area (Å²) in [6, 6.07) is 4.99. The maximum Gasteiger partial charge on any atom is 0.387 e. The van der Waals surface area contributed by atoms with E-state index in [1.165, 1.54) is 0 Å². The molecule has 1 aromatic carbocycles. The van der Waals surface area contributed by atoms with Crippen LogP contribution in [0.2, 0.25) is 0 Å². The van der Waals surface area contributed by atoms with Gasteiger partial charge in [0, 0.05) is 18.7 Å². The van der Waals surface area contributed by atoms with Crippen LogP contribution in [0.25, 0.3) is 0 Å². The van der Waals surface area contributed by atoms with Crippen LogP contribution in [0, 0.1) is 0 Å². The van der Waals surface area contributed by atoms with Crippen LogP contribution < -0.4 is 20.1 Å². The first-order valence-electron chi connectivity index (χ1n) is 7.44. The molecule has 0 aliphatic rings. The van der Waals surface area contributed by atoms with Crippen molar-refractivity contribution in [2.24, 2.45) is 4.99 Å². The Labute approximate surface area is 135 Å². The minimum absolute atomic E-state index is 0.0210. The number of halogens is 2. The predicted octanol–water partition coefficient (Wildman–Crippen LogP) is 2.93. The van der Waals surface area contributed by atoms with Gasteiger partial charge in [-0.05, 0) is 19.9 Å². The standard InChI is InChI=1S/C16H23F2N3O2/c1-4-10-20-16(19-5-2)21-11-12-8-7-9-13(22-6-3)14(12)23-15(17)18/h4,7-9,15H,1,5-6,10-11H2,2-3H3,(H2,19,20,21). The number of rotatable bonds is 9. The van der Waals surface area contributed by atoms with Crippen molar-refractivity contribution in [1.82, 2.24) is 10.6 Å². The van der Waals surface area contributed by atoms with Crippen LogP contribution in [0.15, 0.2) is 35.8 Å². The number of benzene rings is 1. The lowest BCUT2D eigenvalue weighted by Gasteiger charge is -2.15. The second kappa shape index (κ2) is 10.4. The van der Waals surface area contributed by atoms with Gasteiger partial charge in [-0.1, -0.05) is 18.2 Å². The van der Waals surface area contributed by atoms with Crippen LogP contribution in [0.1, 0.15) is 19.4 Å². The fourth-order valence-corrected chi connectivity index (χ4v) is 1.85. The molecule has 1 rings (SSSR count). The van der Waals surface area contributed by atoms with E-state index >= 15 is 0 Å². The van der Waals surface area contributed by atoms with E-state index < -0.39 is 6.61 Å². The molecular formula is C16H23F2N3O2. The van der Waals surface area contributed by atoms with Crippen LogP contribution in [-0.4, -0.2) is 32.3 Å². The first kappa shape index (κ1) is 18.7. The van der Waals surface area contributed by atoms with E-state index in [-0.39, 0.29) is 18.0 Å². The van der Waals surface area contributed by atoms with Gasteiger partial charge >= 0.3 is 6.61 Å². The van der Waals surface area contributed by atoms with Gasteiger partial charge in [0.05, 0.1) is 13.2 Å². The lowest BCUT2D eigenvalue weighted by molar-refractivity contribution is -0.0520. The quantitative estimate of drug-likeness (QED) is 0.416. The molecule has 0 unspecified atom stereocenters. The summed E-state index contributed by atoms with van der Waals surface area (Å²) in [6.45, 7) is 6.18. The molecule has 0 amide bonds. The molecule has 23 heavy (non-hydrogen) atoms. The van der Waals surface area contributed by atoms with Crippen LogP contribution in [-0.2, 0) is 6.54 Å². The zero-order valence-corrected chi connectivity index (χ0v) is 13.4. The molecule has 5 nitrogen and oxygen atoms in total. The summed E-state index contributed by atoms with van der Waals surface area (Å²) in [4.78, 5) is 4.36. The zero-order valence-electron chi connectivity index (χ0n) is 13.4. The van der Waals surface area contributed by atoms with Gasteiger partial charge < -0.3 is 20.1 Å². The van der Waals surface area contributed by atoms with Crippen LogP contribution in [0.3, 0.4) is 0 Å². The third kappa shape index (κ3) is 6.54. The van der Waals surface area contributed by atoms with Crippen molar-refractivity contribution < 1.29 is 18.3 Å². The minimum Gasteiger partial charge on any atom is -0.490 e. The van der Waals surface area contributed by atoms with Gasteiger partial charge in [-0.2, -0.15) is 8.78 Å². The number of guanidine groups is 1. The Morgan fingerprint density at radius 3 is 2.74 bits per heavy atom. The molecule has 0 saturated heterocycles. The second-order valence-electron chi connectivity index (χ2n) is 4.42. The molecular weight excluding hydrogens is 304 g/mol. The summed E-state index contributed by atoms with van der Waals surface area (Å²) >= 11 is 0. The number of alkyl halides is 2. The first-order chi connectivity index (χ1) is 11.1.